The molecular formula is C18H21N5O2S2. The Morgan fingerprint density at radius 3 is 2.59 bits per heavy atom. The summed E-state index contributed by atoms with van der Waals surface area (Å²) in [4.78, 5) is 11.3. The van der Waals surface area contributed by atoms with E-state index < -0.39 is 10.0 Å². The molecule has 1 fully saturated rings. The molecule has 0 aromatic carbocycles. The van der Waals surface area contributed by atoms with Crippen LogP contribution in [0.15, 0.2) is 53.1 Å². The molecule has 3 aromatic rings. The minimum Gasteiger partial charge on any atom is -0.384 e. The average molecular weight is 404 g/mol. The van der Waals surface area contributed by atoms with Gasteiger partial charge in [-0.25, -0.2) is 13.4 Å². The highest BCUT2D eigenvalue weighted by atomic mass is 32.2. The summed E-state index contributed by atoms with van der Waals surface area (Å²) in [5.41, 5.74) is 1.05. The maximum atomic E-state index is 12.9. The van der Waals surface area contributed by atoms with Crippen molar-refractivity contribution in [2.75, 3.05) is 44.6 Å². The first-order valence-corrected chi connectivity index (χ1v) is 11.1. The van der Waals surface area contributed by atoms with Crippen molar-refractivity contribution in [1.29, 1.82) is 0 Å². The minimum atomic E-state index is -3.45. The Hall–Kier alpha value is -2.07. The van der Waals surface area contributed by atoms with Crippen molar-refractivity contribution in [3.05, 3.63) is 48.9 Å². The van der Waals surface area contributed by atoms with Gasteiger partial charge in [0.15, 0.2) is 0 Å². The van der Waals surface area contributed by atoms with Crippen molar-refractivity contribution in [1.82, 2.24) is 19.2 Å². The molecule has 1 N–H and O–H groups in total. The van der Waals surface area contributed by atoms with Crippen molar-refractivity contribution in [3.8, 4) is 0 Å². The van der Waals surface area contributed by atoms with Crippen LogP contribution < -0.4 is 5.32 Å². The van der Waals surface area contributed by atoms with E-state index in [1.165, 1.54) is 11.3 Å². The quantitative estimate of drug-likeness (QED) is 0.679. The number of fused-ring (bicyclic) bond motifs is 1. The summed E-state index contributed by atoms with van der Waals surface area (Å²) in [6.07, 6.45) is 5.21. The van der Waals surface area contributed by atoms with Crippen molar-refractivity contribution in [3.63, 3.8) is 0 Å². The van der Waals surface area contributed by atoms with Gasteiger partial charge in [-0.15, -0.1) is 11.3 Å². The number of pyridine rings is 2. The highest BCUT2D eigenvalue weighted by molar-refractivity contribution is 7.91. The molecule has 0 spiro atoms. The predicted molar refractivity (Wildman–Crippen MR) is 108 cm³/mol. The number of nitrogens with one attached hydrogen (secondary N) is 1. The minimum absolute atomic E-state index is 0.379. The van der Waals surface area contributed by atoms with Gasteiger partial charge in [0, 0.05) is 68.9 Å². The van der Waals surface area contributed by atoms with Crippen LogP contribution in [-0.2, 0) is 10.0 Å². The Kier molecular flexibility index (Phi) is 5.35. The number of hydrogen-bond donors (Lipinski definition) is 1. The van der Waals surface area contributed by atoms with Crippen molar-refractivity contribution >= 4 is 37.3 Å². The lowest BCUT2D eigenvalue weighted by Gasteiger charge is -2.33. The Morgan fingerprint density at radius 1 is 1.07 bits per heavy atom. The van der Waals surface area contributed by atoms with Gasteiger partial charge >= 0.3 is 0 Å². The van der Waals surface area contributed by atoms with Crippen LogP contribution in [0.4, 0.5) is 5.69 Å². The van der Waals surface area contributed by atoms with Gasteiger partial charge in [-0.1, -0.05) is 6.07 Å². The van der Waals surface area contributed by atoms with E-state index in [4.69, 9.17) is 0 Å². The summed E-state index contributed by atoms with van der Waals surface area (Å²) in [6.45, 7) is 4.20. The van der Waals surface area contributed by atoms with E-state index in [0.717, 1.165) is 42.1 Å². The van der Waals surface area contributed by atoms with Crippen molar-refractivity contribution in [2.45, 2.75) is 4.21 Å². The van der Waals surface area contributed by atoms with Gasteiger partial charge in [0.1, 0.15) is 9.04 Å². The van der Waals surface area contributed by atoms with Crippen LogP contribution in [0.3, 0.4) is 0 Å². The standard InChI is InChI=1S/C18H21N5O2S2/c24-27(25,17-14-15-2-1-5-21-18(15)26-17)23-12-10-22(11-13-23)9-8-20-16-3-6-19-7-4-16/h1-7,14H,8-13H2,(H,19,20). The Balaban J connectivity index is 1.33. The molecule has 1 saturated heterocycles. The first kappa shape index (κ1) is 18.3. The van der Waals surface area contributed by atoms with E-state index in [9.17, 15) is 8.42 Å². The summed E-state index contributed by atoms with van der Waals surface area (Å²) in [5.74, 6) is 0. The number of rotatable bonds is 6. The van der Waals surface area contributed by atoms with Crippen LogP contribution in [0, 0.1) is 0 Å². The molecule has 27 heavy (non-hydrogen) atoms. The second-order valence-electron chi connectivity index (χ2n) is 6.37. The van der Waals surface area contributed by atoms with Gasteiger partial charge in [-0.2, -0.15) is 4.31 Å². The summed E-state index contributed by atoms with van der Waals surface area (Å²) >= 11 is 1.24. The Labute approximate surface area is 162 Å². The van der Waals surface area contributed by atoms with E-state index in [2.05, 4.69) is 20.2 Å². The summed E-state index contributed by atoms with van der Waals surface area (Å²) < 4.78 is 27.8. The lowest BCUT2D eigenvalue weighted by molar-refractivity contribution is 0.194. The van der Waals surface area contributed by atoms with E-state index in [0.29, 0.717) is 17.3 Å². The topological polar surface area (TPSA) is 78.4 Å². The molecular weight excluding hydrogens is 382 g/mol. The van der Waals surface area contributed by atoms with E-state index >= 15 is 0 Å². The zero-order valence-corrected chi connectivity index (χ0v) is 16.4. The molecule has 7 nitrogen and oxygen atoms in total. The fourth-order valence-electron chi connectivity index (χ4n) is 3.13. The molecule has 0 atom stereocenters. The summed E-state index contributed by atoms with van der Waals surface area (Å²) in [5, 5.41) is 4.23. The van der Waals surface area contributed by atoms with E-state index in [-0.39, 0.29) is 0 Å². The number of thiophene rings is 1. The molecule has 1 aliphatic rings. The fourth-order valence-corrected chi connectivity index (χ4v) is 6.01. The first-order valence-electron chi connectivity index (χ1n) is 8.84. The number of nitrogens with zero attached hydrogens (tertiary/aromatic N) is 4. The first-order chi connectivity index (χ1) is 13.1. The molecule has 0 amide bonds. The van der Waals surface area contributed by atoms with Crippen LogP contribution >= 0.6 is 11.3 Å². The molecule has 0 saturated carbocycles. The predicted octanol–water partition coefficient (Wildman–Crippen LogP) is 2.11. The van der Waals surface area contributed by atoms with Gasteiger partial charge in [0.25, 0.3) is 10.0 Å². The second kappa shape index (κ2) is 7.89. The summed E-state index contributed by atoms with van der Waals surface area (Å²) in [6, 6.07) is 9.32. The molecule has 3 aromatic heterocycles. The largest absolute Gasteiger partial charge is 0.384 e. The third-order valence-electron chi connectivity index (χ3n) is 4.63. The SMILES string of the molecule is O=S(=O)(c1cc2cccnc2s1)N1CCN(CCNc2ccncc2)CC1. The maximum Gasteiger partial charge on any atom is 0.252 e. The van der Waals surface area contributed by atoms with Crippen LogP contribution in [0.25, 0.3) is 10.2 Å². The normalized spacial score (nSPS) is 16.6. The molecule has 9 heteroatoms. The molecule has 4 rings (SSSR count). The zero-order chi connectivity index (χ0) is 18.7. The number of piperazine rings is 1. The third kappa shape index (κ3) is 4.11. The van der Waals surface area contributed by atoms with Crippen LogP contribution in [-0.4, -0.2) is 66.9 Å². The Morgan fingerprint density at radius 2 is 1.85 bits per heavy atom. The lowest BCUT2D eigenvalue weighted by atomic mass is 10.3. The number of aromatic nitrogens is 2. The van der Waals surface area contributed by atoms with Gasteiger partial charge in [0.2, 0.25) is 0 Å². The smallest absolute Gasteiger partial charge is 0.252 e. The van der Waals surface area contributed by atoms with Crippen LogP contribution in [0.2, 0.25) is 0 Å². The Bertz CT molecular complexity index is 966. The van der Waals surface area contributed by atoms with Gasteiger partial charge < -0.3 is 5.32 Å². The highest BCUT2D eigenvalue weighted by Crippen LogP contribution is 2.29. The van der Waals surface area contributed by atoms with Crippen LogP contribution in [0.5, 0.6) is 0 Å². The highest BCUT2D eigenvalue weighted by Gasteiger charge is 2.29. The number of anilines is 1. The van der Waals surface area contributed by atoms with Gasteiger partial charge in [-0.3, -0.25) is 9.88 Å². The molecule has 1 aliphatic heterocycles. The molecule has 0 bridgehead atoms. The average Bonchev–Trinajstić information content (AvgIpc) is 3.14. The van der Waals surface area contributed by atoms with Gasteiger partial charge in [-0.05, 0) is 24.3 Å². The zero-order valence-electron chi connectivity index (χ0n) is 14.8. The second-order valence-corrected chi connectivity index (χ2v) is 9.57. The van der Waals surface area contributed by atoms with Crippen LogP contribution in [0.1, 0.15) is 0 Å². The number of hydrogen-bond acceptors (Lipinski definition) is 7. The van der Waals surface area contributed by atoms with E-state index in [1.807, 2.05) is 24.3 Å². The lowest BCUT2D eigenvalue weighted by Crippen LogP contribution is -2.49. The maximum absolute atomic E-state index is 12.9. The van der Waals surface area contributed by atoms with Crippen molar-refractivity contribution in [2.24, 2.45) is 0 Å². The number of sulfonamides is 1. The van der Waals surface area contributed by atoms with Gasteiger partial charge in [0.05, 0.1) is 0 Å². The van der Waals surface area contributed by atoms with Crippen molar-refractivity contribution < 1.29 is 8.42 Å². The third-order valence-corrected chi connectivity index (χ3v) is 8.04. The monoisotopic (exact) mass is 403 g/mol. The molecule has 0 unspecified atom stereocenters. The molecule has 142 valence electrons. The molecule has 4 heterocycles. The molecule has 0 aliphatic carbocycles. The van der Waals surface area contributed by atoms with E-state index in [1.54, 1.807) is 29.0 Å². The summed E-state index contributed by atoms with van der Waals surface area (Å²) in [7, 11) is -3.45. The fraction of sp³-hybridized carbons (Fsp3) is 0.333. The molecule has 0 radical (unpaired) electrons.